The highest BCUT2D eigenvalue weighted by molar-refractivity contribution is 7.80. The molecule has 1 amide bonds. The van der Waals surface area contributed by atoms with Gasteiger partial charge in [0.15, 0.2) is 5.11 Å². The average Bonchev–Trinajstić information content (AvgIpc) is 2.35. The van der Waals surface area contributed by atoms with Gasteiger partial charge in [0.2, 0.25) is 5.91 Å². The first-order chi connectivity index (χ1) is 8.41. The summed E-state index contributed by atoms with van der Waals surface area (Å²) in [5, 5.41) is 3.69. The van der Waals surface area contributed by atoms with Crippen molar-refractivity contribution in [2.24, 2.45) is 5.73 Å². The van der Waals surface area contributed by atoms with E-state index in [0.717, 1.165) is 11.3 Å². The van der Waals surface area contributed by atoms with Crippen molar-refractivity contribution >= 4 is 28.9 Å². The van der Waals surface area contributed by atoms with Gasteiger partial charge in [-0.3, -0.25) is 4.79 Å². The fourth-order valence-corrected chi connectivity index (χ4v) is 1.49. The summed E-state index contributed by atoms with van der Waals surface area (Å²) in [4.78, 5) is 12.8. The minimum atomic E-state index is -0.438. The lowest BCUT2D eigenvalue weighted by molar-refractivity contribution is 0.100. The summed E-state index contributed by atoms with van der Waals surface area (Å²) in [6.45, 7) is 6.37. The van der Waals surface area contributed by atoms with Crippen molar-refractivity contribution in [3.63, 3.8) is 0 Å². The fourth-order valence-electron chi connectivity index (χ4n) is 1.31. The molecule has 3 N–H and O–H groups in total. The van der Waals surface area contributed by atoms with Crippen LogP contribution >= 0.6 is 12.2 Å². The maximum absolute atomic E-state index is 11.0. The summed E-state index contributed by atoms with van der Waals surface area (Å²) in [7, 11) is 1.85. The van der Waals surface area contributed by atoms with E-state index in [1.54, 1.807) is 24.3 Å². The Morgan fingerprint density at radius 2 is 2.00 bits per heavy atom. The van der Waals surface area contributed by atoms with E-state index in [2.05, 4.69) is 11.9 Å². The SMILES string of the molecule is C=C(C)CNC(=S)N(C)c1ccc(C(N)=O)cc1. The summed E-state index contributed by atoms with van der Waals surface area (Å²) >= 11 is 5.24. The number of rotatable bonds is 4. The standard InChI is InChI=1S/C13H17N3OS/c1-9(2)8-15-13(18)16(3)11-6-4-10(5-7-11)12(14)17/h4-7H,1,8H2,2-3H3,(H2,14,17)(H,15,18). The number of amides is 1. The molecule has 5 heteroatoms. The van der Waals surface area contributed by atoms with Gasteiger partial charge in [0.1, 0.15) is 0 Å². The molecule has 1 aromatic carbocycles. The second kappa shape index (κ2) is 6.16. The van der Waals surface area contributed by atoms with Crippen LogP contribution in [-0.4, -0.2) is 24.6 Å². The van der Waals surface area contributed by atoms with Crippen LogP contribution in [0.3, 0.4) is 0 Å². The van der Waals surface area contributed by atoms with Gasteiger partial charge in [0, 0.05) is 24.8 Å². The van der Waals surface area contributed by atoms with Crippen molar-refractivity contribution in [3.05, 3.63) is 42.0 Å². The van der Waals surface area contributed by atoms with Crippen LogP contribution in [0.5, 0.6) is 0 Å². The number of thiocarbonyl (C=S) groups is 1. The molecule has 0 unspecified atom stereocenters. The Bertz CT molecular complexity index is 468. The molecule has 0 aliphatic carbocycles. The molecular weight excluding hydrogens is 246 g/mol. The maximum Gasteiger partial charge on any atom is 0.248 e. The molecular formula is C13H17N3OS. The zero-order valence-electron chi connectivity index (χ0n) is 10.6. The van der Waals surface area contributed by atoms with Crippen LogP contribution in [0.25, 0.3) is 0 Å². The molecule has 4 nitrogen and oxygen atoms in total. The normalized spacial score (nSPS) is 9.67. The van der Waals surface area contributed by atoms with Crippen molar-refractivity contribution in [3.8, 4) is 0 Å². The molecule has 0 aliphatic heterocycles. The molecule has 0 fully saturated rings. The summed E-state index contributed by atoms with van der Waals surface area (Å²) in [6, 6.07) is 6.95. The third kappa shape index (κ3) is 3.85. The lowest BCUT2D eigenvalue weighted by Gasteiger charge is -2.21. The second-order valence-electron chi connectivity index (χ2n) is 4.09. The molecule has 1 rings (SSSR count). The molecule has 96 valence electrons. The number of anilines is 1. The number of nitrogens with zero attached hydrogens (tertiary/aromatic N) is 1. The highest BCUT2D eigenvalue weighted by Gasteiger charge is 2.07. The van der Waals surface area contributed by atoms with E-state index < -0.39 is 5.91 Å². The smallest absolute Gasteiger partial charge is 0.248 e. The number of carbonyl (C=O) groups excluding carboxylic acids is 1. The van der Waals surface area contributed by atoms with Gasteiger partial charge >= 0.3 is 0 Å². The number of carbonyl (C=O) groups is 1. The minimum Gasteiger partial charge on any atom is -0.366 e. The van der Waals surface area contributed by atoms with Gasteiger partial charge in [-0.15, -0.1) is 0 Å². The summed E-state index contributed by atoms with van der Waals surface area (Å²) in [6.07, 6.45) is 0. The summed E-state index contributed by atoms with van der Waals surface area (Å²) in [5.74, 6) is -0.438. The van der Waals surface area contributed by atoms with Gasteiger partial charge in [0.25, 0.3) is 0 Å². The zero-order chi connectivity index (χ0) is 13.7. The van der Waals surface area contributed by atoms with Crippen molar-refractivity contribution in [1.82, 2.24) is 5.32 Å². The molecule has 0 bridgehead atoms. The quantitative estimate of drug-likeness (QED) is 0.641. The van der Waals surface area contributed by atoms with Gasteiger partial charge in [-0.1, -0.05) is 12.2 Å². The summed E-state index contributed by atoms with van der Waals surface area (Å²) in [5.41, 5.74) is 7.56. The molecule has 0 aromatic heterocycles. The molecule has 0 saturated heterocycles. The third-order valence-corrected chi connectivity index (χ3v) is 2.80. The van der Waals surface area contributed by atoms with Crippen LogP contribution in [0.2, 0.25) is 0 Å². The van der Waals surface area contributed by atoms with E-state index in [4.69, 9.17) is 18.0 Å². The Labute approximate surface area is 112 Å². The number of nitrogens with one attached hydrogen (secondary N) is 1. The van der Waals surface area contributed by atoms with Crippen molar-refractivity contribution in [2.75, 3.05) is 18.5 Å². The Morgan fingerprint density at radius 1 is 1.44 bits per heavy atom. The maximum atomic E-state index is 11.0. The van der Waals surface area contributed by atoms with Crippen LogP contribution in [-0.2, 0) is 0 Å². The minimum absolute atomic E-state index is 0.438. The van der Waals surface area contributed by atoms with E-state index in [1.165, 1.54) is 0 Å². The lowest BCUT2D eigenvalue weighted by atomic mass is 10.2. The van der Waals surface area contributed by atoms with E-state index in [1.807, 2.05) is 18.9 Å². The highest BCUT2D eigenvalue weighted by Crippen LogP contribution is 2.13. The zero-order valence-corrected chi connectivity index (χ0v) is 11.4. The van der Waals surface area contributed by atoms with E-state index >= 15 is 0 Å². The number of benzene rings is 1. The fraction of sp³-hybridized carbons (Fsp3) is 0.231. The predicted octanol–water partition coefficient (Wildman–Crippen LogP) is 1.67. The summed E-state index contributed by atoms with van der Waals surface area (Å²) < 4.78 is 0. The topological polar surface area (TPSA) is 58.4 Å². The Morgan fingerprint density at radius 3 is 2.44 bits per heavy atom. The first-order valence-corrected chi connectivity index (χ1v) is 5.88. The van der Waals surface area contributed by atoms with Gasteiger partial charge in [-0.25, -0.2) is 0 Å². The van der Waals surface area contributed by atoms with E-state index in [9.17, 15) is 4.79 Å². The Hall–Kier alpha value is -1.88. The molecule has 0 atom stereocenters. The van der Waals surface area contributed by atoms with Crippen molar-refractivity contribution < 1.29 is 4.79 Å². The van der Waals surface area contributed by atoms with Gasteiger partial charge in [-0.05, 0) is 43.4 Å². The Kier molecular flexibility index (Phi) is 4.85. The monoisotopic (exact) mass is 263 g/mol. The van der Waals surface area contributed by atoms with Crippen LogP contribution < -0.4 is 16.0 Å². The number of hydrogen-bond donors (Lipinski definition) is 2. The van der Waals surface area contributed by atoms with Crippen LogP contribution in [0, 0.1) is 0 Å². The Balaban J connectivity index is 2.71. The van der Waals surface area contributed by atoms with Crippen molar-refractivity contribution in [1.29, 1.82) is 0 Å². The van der Waals surface area contributed by atoms with Gasteiger partial charge in [0.05, 0.1) is 0 Å². The lowest BCUT2D eigenvalue weighted by Crippen LogP contribution is -2.37. The van der Waals surface area contributed by atoms with E-state index in [0.29, 0.717) is 17.2 Å². The first-order valence-electron chi connectivity index (χ1n) is 5.47. The van der Waals surface area contributed by atoms with E-state index in [-0.39, 0.29) is 0 Å². The molecule has 0 radical (unpaired) electrons. The largest absolute Gasteiger partial charge is 0.366 e. The average molecular weight is 263 g/mol. The van der Waals surface area contributed by atoms with Gasteiger partial charge < -0.3 is 16.0 Å². The third-order valence-electron chi connectivity index (χ3n) is 2.39. The number of primary amides is 1. The van der Waals surface area contributed by atoms with Crippen LogP contribution in [0.15, 0.2) is 36.4 Å². The van der Waals surface area contributed by atoms with Gasteiger partial charge in [-0.2, -0.15) is 0 Å². The van der Waals surface area contributed by atoms with Crippen LogP contribution in [0.4, 0.5) is 5.69 Å². The molecule has 0 saturated carbocycles. The predicted molar refractivity (Wildman–Crippen MR) is 78.8 cm³/mol. The molecule has 1 aromatic rings. The van der Waals surface area contributed by atoms with Crippen molar-refractivity contribution in [2.45, 2.75) is 6.92 Å². The number of hydrogen-bond acceptors (Lipinski definition) is 2. The second-order valence-corrected chi connectivity index (χ2v) is 4.47. The van der Waals surface area contributed by atoms with Crippen LogP contribution in [0.1, 0.15) is 17.3 Å². The molecule has 0 spiro atoms. The number of nitrogens with two attached hydrogens (primary N) is 1. The molecule has 0 heterocycles. The molecule has 18 heavy (non-hydrogen) atoms. The first kappa shape index (κ1) is 14.2. The molecule has 0 aliphatic rings. The highest BCUT2D eigenvalue weighted by atomic mass is 32.1.